The van der Waals surface area contributed by atoms with Gasteiger partial charge < -0.3 is 26.8 Å². The highest BCUT2D eigenvalue weighted by Crippen LogP contribution is 2.47. The van der Waals surface area contributed by atoms with Gasteiger partial charge in [-0.15, -0.1) is 0 Å². The molecule has 2 aromatic rings. The zero-order valence-electron chi connectivity index (χ0n) is 21.3. The van der Waals surface area contributed by atoms with Crippen molar-refractivity contribution in [2.75, 3.05) is 6.54 Å². The normalized spacial score (nSPS) is 18.6. The quantitative estimate of drug-likeness (QED) is 0.286. The highest BCUT2D eigenvalue weighted by atomic mass is 16.3. The third-order valence-electron chi connectivity index (χ3n) is 7.14. The number of primary amides is 1. The Hall–Kier alpha value is -4.05. The van der Waals surface area contributed by atoms with Gasteiger partial charge in [0.05, 0.1) is 6.04 Å². The van der Waals surface area contributed by atoms with Crippen molar-refractivity contribution in [3.05, 3.63) is 59.7 Å². The van der Waals surface area contributed by atoms with Crippen LogP contribution in [0.25, 0.3) is 11.1 Å². The van der Waals surface area contributed by atoms with Crippen molar-refractivity contribution >= 4 is 29.4 Å². The molecule has 0 spiro atoms. The second kappa shape index (κ2) is 10.7. The zero-order chi connectivity index (χ0) is 27.6. The van der Waals surface area contributed by atoms with Gasteiger partial charge in [0.1, 0.15) is 6.04 Å². The Morgan fingerprint density at radius 3 is 2.08 bits per heavy atom. The SMILES string of the molecule is CC(C)CC(NC(=O)C1(O)c2ccccc2-c2ccccc21)C(=O)NC(CC1CCNC1=O)C(=O)C(N)=O. The average molecular weight is 521 g/mol. The summed E-state index contributed by atoms with van der Waals surface area (Å²) in [5, 5.41) is 19.7. The Labute approximate surface area is 220 Å². The molecule has 1 saturated heterocycles. The zero-order valence-corrected chi connectivity index (χ0v) is 21.3. The van der Waals surface area contributed by atoms with E-state index >= 15 is 0 Å². The summed E-state index contributed by atoms with van der Waals surface area (Å²) in [4.78, 5) is 63.4. The van der Waals surface area contributed by atoms with Gasteiger partial charge in [-0.1, -0.05) is 62.4 Å². The molecule has 3 unspecified atom stereocenters. The first-order valence-corrected chi connectivity index (χ1v) is 12.7. The number of carbonyl (C=O) groups excluding carboxylic acids is 5. The number of benzene rings is 2. The predicted octanol–water partition coefficient (Wildman–Crippen LogP) is 0.499. The Bertz CT molecular complexity index is 1240. The second-order valence-corrected chi connectivity index (χ2v) is 10.3. The highest BCUT2D eigenvalue weighted by Gasteiger charge is 2.48. The van der Waals surface area contributed by atoms with Crippen LogP contribution in [0.15, 0.2) is 48.5 Å². The third kappa shape index (κ3) is 5.04. The van der Waals surface area contributed by atoms with Crippen LogP contribution in [-0.4, -0.2) is 53.1 Å². The number of ketones is 1. The van der Waals surface area contributed by atoms with Crippen molar-refractivity contribution in [3.63, 3.8) is 0 Å². The van der Waals surface area contributed by atoms with Crippen LogP contribution in [0.4, 0.5) is 0 Å². The summed E-state index contributed by atoms with van der Waals surface area (Å²) >= 11 is 0. The van der Waals surface area contributed by atoms with Gasteiger partial charge in [0, 0.05) is 23.6 Å². The molecular formula is C28H32N4O6. The van der Waals surface area contributed by atoms with E-state index in [2.05, 4.69) is 16.0 Å². The van der Waals surface area contributed by atoms with Gasteiger partial charge in [0.15, 0.2) is 5.60 Å². The van der Waals surface area contributed by atoms with E-state index in [0.717, 1.165) is 0 Å². The average Bonchev–Trinajstić information content (AvgIpc) is 3.41. The van der Waals surface area contributed by atoms with E-state index in [1.807, 2.05) is 38.1 Å². The van der Waals surface area contributed by atoms with Crippen molar-refractivity contribution in [1.82, 2.24) is 16.0 Å². The van der Waals surface area contributed by atoms with Crippen LogP contribution in [-0.2, 0) is 29.6 Å². The number of Topliss-reactive ketones (excluding diaryl/α,β-unsaturated/α-hetero) is 1. The molecule has 1 aliphatic heterocycles. The van der Waals surface area contributed by atoms with Crippen molar-refractivity contribution in [1.29, 1.82) is 0 Å². The molecule has 38 heavy (non-hydrogen) atoms. The topological polar surface area (TPSA) is 168 Å². The molecule has 2 aliphatic rings. The highest BCUT2D eigenvalue weighted by molar-refractivity contribution is 6.38. The number of hydrogen-bond acceptors (Lipinski definition) is 6. The fourth-order valence-electron chi connectivity index (χ4n) is 5.25. The van der Waals surface area contributed by atoms with Crippen LogP contribution in [0.5, 0.6) is 0 Å². The van der Waals surface area contributed by atoms with Crippen LogP contribution in [0.2, 0.25) is 0 Å². The van der Waals surface area contributed by atoms with Crippen LogP contribution >= 0.6 is 0 Å². The lowest BCUT2D eigenvalue weighted by molar-refractivity contribution is -0.141. The lowest BCUT2D eigenvalue weighted by Gasteiger charge is -2.29. The fraction of sp³-hybridized carbons (Fsp3) is 0.393. The summed E-state index contributed by atoms with van der Waals surface area (Å²) < 4.78 is 0. The number of nitrogens with two attached hydrogens (primary N) is 1. The molecule has 1 aliphatic carbocycles. The van der Waals surface area contributed by atoms with Crippen molar-refractivity contribution in [2.24, 2.45) is 17.6 Å². The largest absolute Gasteiger partial charge is 0.372 e. The molecule has 2 aromatic carbocycles. The Kier molecular flexibility index (Phi) is 7.63. The Morgan fingerprint density at radius 2 is 1.58 bits per heavy atom. The number of rotatable bonds is 10. The van der Waals surface area contributed by atoms with E-state index < -0.39 is 47.1 Å². The smallest absolute Gasteiger partial charge is 0.287 e. The van der Waals surface area contributed by atoms with Crippen LogP contribution in [0.3, 0.4) is 0 Å². The summed E-state index contributed by atoms with van der Waals surface area (Å²) in [5.74, 6) is -4.63. The molecule has 0 aromatic heterocycles. The summed E-state index contributed by atoms with van der Waals surface area (Å²) in [7, 11) is 0. The first-order valence-electron chi connectivity index (χ1n) is 12.7. The molecule has 3 atom stereocenters. The molecule has 10 heteroatoms. The molecule has 1 heterocycles. The number of carbonyl (C=O) groups is 5. The first kappa shape index (κ1) is 27.0. The minimum Gasteiger partial charge on any atom is -0.372 e. The molecular weight excluding hydrogens is 488 g/mol. The number of amides is 4. The van der Waals surface area contributed by atoms with Gasteiger partial charge in [-0.05, 0) is 36.3 Å². The predicted molar refractivity (Wildman–Crippen MR) is 138 cm³/mol. The standard InChI is InChI=1S/C28H32N4O6/c1-15(2)13-22(26(36)31-21(23(33)24(29)34)14-16-11-12-30-25(16)35)32-27(37)28(38)19-9-5-3-7-17(19)18-8-4-6-10-20(18)28/h3-10,15-16,21-22,38H,11-14H2,1-2H3,(H2,29,34)(H,30,35)(H,31,36)(H,32,37). The van der Waals surface area contributed by atoms with Gasteiger partial charge in [0.25, 0.3) is 11.8 Å². The van der Waals surface area contributed by atoms with E-state index in [0.29, 0.717) is 35.2 Å². The first-order chi connectivity index (χ1) is 18.0. The fourth-order valence-corrected chi connectivity index (χ4v) is 5.25. The van der Waals surface area contributed by atoms with E-state index in [4.69, 9.17) is 5.73 Å². The second-order valence-electron chi connectivity index (χ2n) is 10.3. The van der Waals surface area contributed by atoms with E-state index in [1.54, 1.807) is 24.3 Å². The summed E-state index contributed by atoms with van der Waals surface area (Å²) in [6, 6.07) is 11.6. The van der Waals surface area contributed by atoms with Crippen LogP contribution in [0, 0.1) is 11.8 Å². The Balaban J connectivity index is 1.60. The molecule has 1 fully saturated rings. The maximum absolute atomic E-state index is 13.7. The minimum atomic E-state index is -2.03. The minimum absolute atomic E-state index is 0.0465. The number of nitrogens with one attached hydrogen (secondary N) is 3. The van der Waals surface area contributed by atoms with E-state index in [1.165, 1.54) is 0 Å². The molecule has 0 bridgehead atoms. The lowest BCUT2D eigenvalue weighted by Crippen LogP contribution is -2.57. The number of fused-ring (bicyclic) bond motifs is 3. The molecule has 6 N–H and O–H groups in total. The molecule has 4 amide bonds. The van der Waals surface area contributed by atoms with Gasteiger partial charge in [-0.25, -0.2) is 0 Å². The van der Waals surface area contributed by atoms with Crippen molar-refractivity contribution in [3.8, 4) is 11.1 Å². The van der Waals surface area contributed by atoms with E-state index in [9.17, 15) is 29.1 Å². The number of hydrogen-bond donors (Lipinski definition) is 5. The van der Waals surface area contributed by atoms with Gasteiger partial charge in [-0.3, -0.25) is 24.0 Å². The van der Waals surface area contributed by atoms with Crippen LogP contribution < -0.4 is 21.7 Å². The van der Waals surface area contributed by atoms with Gasteiger partial charge in [0.2, 0.25) is 17.6 Å². The van der Waals surface area contributed by atoms with Crippen molar-refractivity contribution < 1.29 is 29.1 Å². The summed E-state index contributed by atoms with van der Waals surface area (Å²) in [6.45, 7) is 4.15. The molecule has 10 nitrogen and oxygen atoms in total. The van der Waals surface area contributed by atoms with Crippen LogP contribution in [0.1, 0.15) is 44.2 Å². The maximum atomic E-state index is 13.7. The van der Waals surface area contributed by atoms with Gasteiger partial charge >= 0.3 is 0 Å². The van der Waals surface area contributed by atoms with E-state index in [-0.39, 0.29) is 24.7 Å². The Morgan fingerprint density at radius 1 is 1.00 bits per heavy atom. The summed E-state index contributed by atoms with van der Waals surface area (Å²) in [6.07, 6.45) is 0.556. The van der Waals surface area contributed by atoms with Gasteiger partial charge in [-0.2, -0.15) is 0 Å². The lowest BCUT2D eigenvalue weighted by atomic mass is 9.89. The molecule has 4 rings (SSSR count). The monoisotopic (exact) mass is 520 g/mol. The maximum Gasteiger partial charge on any atom is 0.287 e. The molecule has 200 valence electrons. The number of aliphatic hydroxyl groups is 1. The summed E-state index contributed by atoms with van der Waals surface area (Å²) in [5.41, 5.74) is 5.40. The molecule has 0 radical (unpaired) electrons. The third-order valence-corrected chi connectivity index (χ3v) is 7.14. The molecule has 0 saturated carbocycles. The van der Waals surface area contributed by atoms with Crippen molar-refractivity contribution in [2.45, 2.75) is 50.8 Å².